The zero-order chi connectivity index (χ0) is 22.4. The van der Waals surface area contributed by atoms with Gasteiger partial charge in [0, 0.05) is 21.8 Å². The summed E-state index contributed by atoms with van der Waals surface area (Å²) in [5, 5.41) is 5.39. The number of anilines is 2. The van der Waals surface area contributed by atoms with Gasteiger partial charge in [0.25, 0.3) is 11.8 Å². The van der Waals surface area contributed by atoms with E-state index in [9.17, 15) is 18.4 Å². The molecule has 0 radical (unpaired) electrons. The maximum absolute atomic E-state index is 12.5. The van der Waals surface area contributed by atoms with E-state index in [2.05, 4.69) is 15.4 Å². The van der Waals surface area contributed by atoms with Crippen molar-refractivity contribution in [2.24, 2.45) is 0 Å². The Morgan fingerprint density at radius 1 is 0.968 bits per heavy atom. The molecule has 0 saturated carbocycles. The first kappa shape index (κ1) is 22.2. The first-order valence-corrected chi connectivity index (χ1v) is 10.2. The maximum atomic E-state index is 12.5. The number of benzene rings is 2. The molecule has 0 fully saturated rings. The topological polar surface area (TPSA) is 76.7 Å². The zero-order valence-electron chi connectivity index (χ0n) is 16.8. The van der Waals surface area contributed by atoms with Crippen molar-refractivity contribution in [3.8, 4) is 11.5 Å². The largest absolute Gasteiger partial charge is 0.494 e. The number of nitrogens with one attached hydrogen (secondary N) is 2. The number of carbonyl (C=O) groups is 2. The summed E-state index contributed by atoms with van der Waals surface area (Å²) in [7, 11) is 0. The van der Waals surface area contributed by atoms with Gasteiger partial charge in [-0.15, -0.1) is 11.3 Å². The van der Waals surface area contributed by atoms with Crippen LogP contribution in [0.2, 0.25) is 0 Å². The first-order chi connectivity index (χ1) is 14.9. The standard InChI is InChI=1S/C22H20F2N2O4S/c1-3-29-17-10-8-16(9-11-17)25-20(27)14-4-6-15(7-5-14)26-21(28)19-18(30-22(23)24)12-13(2)31-19/h4-12,22H,3H2,1-2H3,(H,25,27)(H,26,28). The molecule has 0 aliphatic rings. The zero-order valence-corrected chi connectivity index (χ0v) is 17.6. The molecule has 1 aromatic heterocycles. The highest BCUT2D eigenvalue weighted by Gasteiger charge is 2.19. The van der Waals surface area contributed by atoms with Crippen LogP contribution in [0.15, 0.2) is 54.6 Å². The molecule has 0 saturated heterocycles. The highest BCUT2D eigenvalue weighted by atomic mass is 32.1. The van der Waals surface area contributed by atoms with Crippen molar-refractivity contribution >= 4 is 34.5 Å². The number of aryl methyl sites for hydroxylation is 1. The molecule has 3 rings (SSSR count). The van der Waals surface area contributed by atoms with E-state index >= 15 is 0 Å². The van der Waals surface area contributed by atoms with Crippen molar-refractivity contribution in [1.29, 1.82) is 0 Å². The fourth-order valence-corrected chi connectivity index (χ4v) is 3.57. The van der Waals surface area contributed by atoms with Gasteiger partial charge in [-0.25, -0.2) is 0 Å². The van der Waals surface area contributed by atoms with Crippen LogP contribution in [0.25, 0.3) is 0 Å². The van der Waals surface area contributed by atoms with E-state index in [1.54, 1.807) is 55.5 Å². The summed E-state index contributed by atoms with van der Waals surface area (Å²) in [6.45, 7) is 1.12. The lowest BCUT2D eigenvalue weighted by Gasteiger charge is -2.09. The Balaban J connectivity index is 1.63. The van der Waals surface area contributed by atoms with Crippen molar-refractivity contribution in [3.63, 3.8) is 0 Å². The van der Waals surface area contributed by atoms with Gasteiger partial charge in [0.05, 0.1) is 6.61 Å². The number of hydrogen-bond donors (Lipinski definition) is 2. The van der Waals surface area contributed by atoms with Crippen molar-refractivity contribution in [3.05, 3.63) is 69.9 Å². The van der Waals surface area contributed by atoms with E-state index in [1.807, 2.05) is 6.92 Å². The summed E-state index contributed by atoms with van der Waals surface area (Å²) in [6, 6.07) is 14.6. The second-order valence-electron chi connectivity index (χ2n) is 6.37. The third kappa shape index (κ3) is 6.02. The predicted molar refractivity (Wildman–Crippen MR) is 116 cm³/mol. The van der Waals surface area contributed by atoms with Gasteiger partial charge < -0.3 is 20.1 Å². The number of thiophene rings is 1. The van der Waals surface area contributed by atoms with E-state index in [0.29, 0.717) is 34.2 Å². The van der Waals surface area contributed by atoms with Crippen LogP contribution in [0.3, 0.4) is 0 Å². The molecule has 9 heteroatoms. The molecule has 2 aromatic carbocycles. The molecule has 0 bridgehead atoms. The molecule has 31 heavy (non-hydrogen) atoms. The van der Waals surface area contributed by atoms with Crippen LogP contribution in [0.1, 0.15) is 31.8 Å². The van der Waals surface area contributed by atoms with Gasteiger partial charge in [-0.1, -0.05) is 0 Å². The summed E-state index contributed by atoms with van der Waals surface area (Å²) < 4.78 is 34.8. The molecule has 162 valence electrons. The number of amides is 2. The number of carbonyl (C=O) groups excluding carboxylic acids is 2. The number of rotatable bonds is 8. The lowest BCUT2D eigenvalue weighted by Crippen LogP contribution is -2.14. The van der Waals surface area contributed by atoms with Gasteiger partial charge in [-0.2, -0.15) is 8.78 Å². The van der Waals surface area contributed by atoms with E-state index in [1.165, 1.54) is 6.07 Å². The molecule has 1 heterocycles. The number of hydrogen-bond acceptors (Lipinski definition) is 5. The minimum atomic E-state index is -3.02. The second-order valence-corrected chi connectivity index (χ2v) is 7.63. The van der Waals surface area contributed by atoms with Gasteiger partial charge in [-0.3, -0.25) is 9.59 Å². The normalized spacial score (nSPS) is 10.6. The van der Waals surface area contributed by atoms with Crippen LogP contribution >= 0.6 is 11.3 Å². The molecule has 6 nitrogen and oxygen atoms in total. The summed E-state index contributed by atoms with van der Waals surface area (Å²) in [5.74, 6) is -0.339. The van der Waals surface area contributed by atoms with Crippen LogP contribution in [0.4, 0.5) is 20.2 Å². The Morgan fingerprint density at radius 2 is 1.55 bits per heavy atom. The van der Waals surface area contributed by atoms with E-state index in [-0.39, 0.29) is 16.5 Å². The molecule has 2 N–H and O–H groups in total. The van der Waals surface area contributed by atoms with Crippen LogP contribution < -0.4 is 20.1 Å². The number of halogens is 2. The Bertz CT molecular complexity index is 1050. The fourth-order valence-electron chi connectivity index (χ4n) is 2.73. The average Bonchev–Trinajstić information content (AvgIpc) is 3.09. The van der Waals surface area contributed by atoms with Gasteiger partial charge in [0.1, 0.15) is 16.4 Å². The van der Waals surface area contributed by atoms with Crippen LogP contribution in [-0.4, -0.2) is 25.0 Å². The van der Waals surface area contributed by atoms with Crippen LogP contribution in [0.5, 0.6) is 11.5 Å². The summed E-state index contributed by atoms with van der Waals surface area (Å²) in [5.41, 5.74) is 1.42. The molecular weight excluding hydrogens is 426 g/mol. The molecule has 2 amide bonds. The molecule has 0 aliphatic carbocycles. The monoisotopic (exact) mass is 446 g/mol. The molecule has 0 spiro atoms. The Kier molecular flexibility index (Phi) is 7.19. The van der Waals surface area contributed by atoms with Crippen LogP contribution in [-0.2, 0) is 0 Å². The number of ether oxygens (including phenoxy) is 2. The lowest BCUT2D eigenvalue weighted by molar-refractivity contribution is -0.0498. The van der Waals surface area contributed by atoms with Crippen molar-refractivity contribution in [2.75, 3.05) is 17.2 Å². The molecule has 0 aliphatic heterocycles. The second kappa shape index (κ2) is 10.0. The fraction of sp³-hybridized carbons (Fsp3) is 0.182. The molecular formula is C22H20F2N2O4S. The summed E-state index contributed by atoms with van der Waals surface area (Å²) >= 11 is 1.05. The third-order valence-electron chi connectivity index (χ3n) is 4.07. The van der Waals surface area contributed by atoms with E-state index in [4.69, 9.17) is 4.74 Å². The maximum Gasteiger partial charge on any atom is 0.387 e. The van der Waals surface area contributed by atoms with Gasteiger partial charge in [0.15, 0.2) is 0 Å². The molecule has 3 aromatic rings. The van der Waals surface area contributed by atoms with Crippen molar-refractivity contribution < 1.29 is 27.8 Å². The summed E-state index contributed by atoms with van der Waals surface area (Å²) in [6.07, 6.45) is 0. The van der Waals surface area contributed by atoms with Crippen molar-refractivity contribution in [1.82, 2.24) is 0 Å². The number of alkyl halides is 2. The smallest absolute Gasteiger partial charge is 0.387 e. The highest BCUT2D eigenvalue weighted by Crippen LogP contribution is 2.31. The minimum Gasteiger partial charge on any atom is -0.494 e. The lowest BCUT2D eigenvalue weighted by atomic mass is 10.2. The molecule has 0 unspecified atom stereocenters. The Morgan fingerprint density at radius 3 is 2.13 bits per heavy atom. The van der Waals surface area contributed by atoms with Gasteiger partial charge >= 0.3 is 6.61 Å². The summed E-state index contributed by atoms with van der Waals surface area (Å²) in [4.78, 5) is 25.6. The Labute approximate surface area is 181 Å². The third-order valence-corrected chi connectivity index (χ3v) is 5.10. The SMILES string of the molecule is CCOc1ccc(NC(=O)c2ccc(NC(=O)c3sc(C)cc3OC(F)F)cc2)cc1. The average molecular weight is 446 g/mol. The van der Waals surface area contributed by atoms with Gasteiger partial charge in [-0.05, 0) is 68.4 Å². The van der Waals surface area contributed by atoms with E-state index < -0.39 is 12.5 Å². The van der Waals surface area contributed by atoms with Crippen LogP contribution in [0, 0.1) is 6.92 Å². The van der Waals surface area contributed by atoms with E-state index in [0.717, 1.165) is 11.3 Å². The van der Waals surface area contributed by atoms with Crippen molar-refractivity contribution in [2.45, 2.75) is 20.5 Å². The highest BCUT2D eigenvalue weighted by molar-refractivity contribution is 7.14. The quantitative estimate of drug-likeness (QED) is 0.475. The molecule has 0 atom stereocenters. The van der Waals surface area contributed by atoms with Gasteiger partial charge in [0.2, 0.25) is 0 Å². The first-order valence-electron chi connectivity index (χ1n) is 9.36. The predicted octanol–water partition coefficient (Wildman–Crippen LogP) is 5.56. The minimum absolute atomic E-state index is 0.0510. The Hall–Kier alpha value is -3.46.